The van der Waals surface area contributed by atoms with Crippen molar-refractivity contribution in [3.63, 3.8) is 0 Å². The molecule has 1 N–H and O–H groups in total. The van der Waals surface area contributed by atoms with E-state index in [1.165, 1.54) is 28.8 Å². The van der Waals surface area contributed by atoms with Gasteiger partial charge in [0.25, 0.3) is 0 Å². The third kappa shape index (κ3) is 5.60. The van der Waals surface area contributed by atoms with E-state index >= 15 is 0 Å². The lowest BCUT2D eigenvalue weighted by Gasteiger charge is -2.24. The topological polar surface area (TPSA) is 67.2 Å². The maximum absolute atomic E-state index is 13.9. The summed E-state index contributed by atoms with van der Waals surface area (Å²) in [6, 6.07) is 25.4. The van der Waals surface area contributed by atoms with Crippen LogP contribution in [0.3, 0.4) is 0 Å². The van der Waals surface area contributed by atoms with Gasteiger partial charge in [-0.2, -0.15) is 5.10 Å². The minimum atomic E-state index is -0.343. The van der Waals surface area contributed by atoms with E-state index in [1.54, 1.807) is 28.2 Å². The molecule has 0 bridgehead atoms. The molecule has 2 aromatic heterocycles. The summed E-state index contributed by atoms with van der Waals surface area (Å²) in [6.45, 7) is 2.00. The highest BCUT2D eigenvalue weighted by atomic mass is 35.5. The maximum Gasteiger partial charge on any atom is 0.240 e. The van der Waals surface area contributed by atoms with Crippen LogP contribution in [-0.4, -0.2) is 33.9 Å². The number of anilines is 1. The van der Waals surface area contributed by atoms with Crippen molar-refractivity contribution in [1.29, 1.82) is 0 Å². The van der Waals surface area contributed by atoms with E-state index in [4.69, 9.17) is 16.7 Å². The normalized spacial score (nSPS) is 14.9. The fourth-order valence-electron chi connectivity index (χ4n) is 5.02. The first-order valence-corrected chi connectivity index (χ1v) is 15.6. The zero-order valence-corrected chi connectivity index (χ0v) is 25.0. The SMILES string of the molecule is Cc1ccccc1-n1nc(-c2cccs2)c2c1N(CC(=O)NCc1ccc(F)cc1)C(=O)CSC2c1ccccc1Cl. The lowest BCUT2D eigenvalue weighted by atomic mass is 10.0. The van der Waals surface area contributed by atoms with Crippen molar-refractivity contribution in [3.8, 4) is 16.3 Å². The Morgan fingerprint density at radius 3 is 2.55 bits per heavy atom. The Bertz CT molecular complexity index is 1750. The van der Waals surface area contributed by atoms with Crippen LogP contribution in [0.25, 0.3) is 16.3 Å². The second kappa shape index (κ2) is 12.1. The fraction of sp³-hybridized carbons (Fsp3) is 0.156. The van der Waals surface area contributed by atoms with E-state index in [9.17, 15) is 14.0 Å². The molecule has 6 rings (SSSR count). The number of rotatable bonds is 7. The summed E-state index contributed by atoms with van der Waals surface area (Å²) in [4.78, 5) is 29.7. The fourth-order valence-corrected chi connectivity index (χ4v) is 7.29. The van der Waals surface area contributed by atoms with Gasteiger partial charge < -0.3 is 5.32 Å². The molecular formula is C32H26ClFN4O2S2. The summed E-state index contributed by atoms with van der Waals surface area (Å²) in [5, 5.41) is 10.3. The number of nitrogens with zero attached hydrogens (tertiary/aromatic N) is 3. The lowest BCUT2D eigenvalue weighted by molar-refractivity contribution is -0.123. The third-order valence-electron chi connectivity index (χ3n) is 7.08. The number of carbonyl (C=O) groups is 2. The number of thiophene rings is 1. The molecule has 0 spiro atoms. The number of carbonyl (C=O) groups excluding carboxylic acids is 2. The summed E-state index contributed by atoms with van der Waals surface area (Å²) in [7, 11) is 0. The molecule has 42 heavy (non-hydrogen) atoms. The summed E-state index contributed by atoms with van der Waals surface area (Å²) >= 11 is 9.79. The van der Waals surface area contributed by atoms with Gasteiger partial charge in [-0.15, -0.1) is 23.1 Å². The number of nitrogens with one attached hydrogen (secondary N) is 1. The van der Waals surface area contributed by atoms with Crippen molar-refractivity contribution >= 4 is 52.3 Å². The van der Waals surface area contributed by atoms with E-state index in [0.29, 0.717) is 10.8 Å². The highest BCUT2D eigenvalue weighted by Crippen LogP contribution is 2.50. The molecule has 0 saturated heterocycles. The van der Waals surface area contributed by atoms with Crippen molar-refractivity contribution in [1.82, 2.24) is 15.1 Å². The number of fused-ring (bicyclic) bond motifs is 1. The molecule has 1 atom stereocenters. The van der Waals surface area contributed by atoms with Gasteiger partial charge >= 0.3 is 0 Å². The molecule has 1 unspecified atom stereocenters. The van der Waals surface area contributed by atoms with Gasteiger partial charge in [0, 0.05) is 17.1 Å². The highest BCUT2D eigenvalue weighted by Gasteiger charge is 2.38. The van der Waals surface area contributed by atoms with Crippen molar-refractivity contribution in [2.75, 3.05) is 17.2 Å². The average Bonchev–Trinajstić information content (AvgIpc) is 3.63. The van der Waals surface area contributed by atoms with Crippen LogP contribution in [0.1, 0.15) is 27.5 Å². The standard InChI is InChI=1S/C32H26ClFN4O2S2/c1-20-7-2-5-10-25(20)38-32-29(30(36-38)26-11-6-16-41-26)31(23-8-3-4-9-24(23)33)42-19-28(40)37(32)18-27(39)35-17-21-12-14-22(34)15-13-21/h2-16,31H,17-19H2,1H3,(H,35,39). The van der Waals surface area contributed by atoms with Gasteiger partial charge in [0.2, 0.25) is 11.8 Å². The van der Waals surface area contributed by atoms with Crippen LogP contribution >= 0.6 is 34.7 Å². The molecule has 0 radical (unpaired) electrons. The highest BCUT2D eigenvalue weighted by molar-refractivity contribution is 8.00. The smallest absolute Gasteiger partial charge is 0.240 e. The average molecular weight is 617 g/mol. The molecule has 0 saturated carbocycles. The van der Waals surface area contributed by atoms with Gasteiger partial charge in [-0.3, -0.25) is 14.5 Å². The number of amides is 2. The molecule has 5 aromatic rings. The largest absolute Gasteiger partial charge is 0.350 e. The van der Waals surface area contributed by atoms with Crippen LogP contribution in [0.4, 0.5) is 10.2 Å². The second-order valence-corrected chi connectivity index (χ2v) is 12.3. The molecule has 0 fully saturated rings. The van der Waals surface area contributed by atoms with Crippen LogP contribution in [-0.2, 0) is 16.1 Å². The predicted octanol–water partition coefficient (Wildman–Crippen LogP) is 7.19. The van der Waals surface area contributed by atoms with Gasteiger partial charge in [0.15, 0.2) is 0 Å². The van der Waals surface area contributed by atoms with Gasteiger partial charge in [0.1, 0.15) is 23.9 Å². The van der Waals surface area contributed by atoms with Crippen LogP contribution in [0, 0.1) is 12.7 Å². The number of thioether (sulfide) groups is 1. The zero-order valence-electron chi connectivity index (χ0n) is 22.6. The number of hydrogen-bond donors (Lipinski definition) is 1. The monoisotopic (exact) mass is 616 g/mol. The van der Waals surface area contributed by atoms with E-state index in [-0.39, 0.29) is 41.7 Å². The first kappa shape index (κ1) is 28.2. The lowest BCUT2D eigenvalue weighted by Crippen LogP contribution is -2.42. The minimum Gasteiger partial charge on any atom is -0.350 e. The maximum atomic E-state index is 13.9. The minimum absolute atomic E-state index is 0.146. The molecule has 0 aliphatic carbocycles. The van der Waals surface area contributed by atoms with Crippen molar-refractivity contribution < 1.29 is 14.0 Å². The van der Waals surface area contributed by atoms with Crippen LogP contribution in [0.2, 0.25) is 5.02 Å². The molecule has 3 heterocycles. The number of halogens is 2. The molecule has 10 heteroatoms. The summed E-state index contributed by atoms with van der Waals surface area (Å²) in [6.07, 6.45) is 0. The Labute approximate surface area is 256 Å². The first-order chi connectivity index (χ1) is 20.4. The molecule has 1 aliphatic rings. The van der Waals surface area contributed by atoms with E-state index in [0.717, 1.165) is 38.5 Å². The molecular weight excluding hydrogens is 591 g/mol. The first-order valence-electron chi connectivity index (χ1n) is 13.3. The van der Waals surface area contributed by atoms with Crippen LogP contribution in [0.5, 0.6) is 0 Å². The number of hydrogen-bond acceptors (Lipinski definition) is 5. The van der Waals surface area contributed by atoms with E-state index in [2.05, 4.69) is 5.32 Å². The van der Waals surface area contributed by atoms with Gasteiger partial charge in [-0.25, -0.2) is 9.07 Å². The summed E-state index contributed by atoms with van der Waals surface area (Å²) < 4.78 is 15.1. The molecule has 6 nitrogen and oxygen atoms in total. The van der Waals surface area contributed by atoms with E-state index < -0.39 is 0 Å². The zero-order chi connectivity index (χ0) is 29.2. The predicted molar refractivity (Wildman–Crippen MR) is 168 cm³/mol. The molecule has 2 amide bonds. The van der Waals surface area contributed by atoms with Gasteiger partial charge in [-0.05, 0) is 59.3 Å². The Morgan fingerprint density at radius 2 is 1.81 bits per heavy atom. The Morgan fingerprint density at radius 1 is 1.05 bits per heavy atom. The Balaban J connectivity index is 1.50. The Kier molecular flexibility index (Phi) is 8.15. The van der Waals surface area contributed by atoms with Crippen molar-refractivity contribution in [2.24, 2.45) is 0 Å². The number of aromatic nitrogens is 2. The number of aryl methyl sites for hydroxylation is 1. The number of para-hydroxylation sites is 1. The summed E-state index contributed by atoms with van der Waals surface area (Å²) in [5.74, 6) is -0.197. The third-order valence-corrected chi connectivity index (χ3v) is 9.54. The summed E-state index contributed by atoms with van der Waals surface area (Å²) in [5.41, 5.74) is 4.99. The quantitative estimate of drug-likeness (QED) is 0.210. The molecule has 212 valence electrons. The van der Waals surface area contributed by atoms with Gasteiger partial charge in [0.05, 0.1) is 21.6 Å². The molecule has 1 aliphatic heterocycles. The van der Waals surface area contributed by atoms with Crippen molar-refractivity contribution in [2.45, 2.75) is 18.7 Å². The van der Waals surface area contributed by atoms with Crippen LogP contribution < -0.4 is 10.2 Å². The van der Waals surface area contributed by atoms with Crippen molar-refractivity contribution in [3.05, 3.63) is 123 Å². The number of benzene rings is 3. The van der Waals surface area contributed by atoms with Crippen LogP contribution in [0.15, 0.2) is 90.3 Å². The Hall–Kier alpha value is -3.92. The van der Waals surface area contributed by atoms with Gasteiger partial charge in [-0.1, -0.05) is 66.2 Å². The molecule has 3 aromatic carbocycles. The van der Waals surface area contributed by atoms with E-state index in [1.807, 2.05) is 73.0 Å². The second-order valence-electron chi connectivity index (χ2n) is 9.86.